The van der Waals surface area contributed by atoms with Gasteiger partial charge in [0, 0.05) is 30.8 Å². The SMILES string of the molecule is CN1C=C(C(=O)NCC2CCCCC2)C2(C)C=CNC2C1=O. The lowest BCUT2D eigenvalue weighted by Gasteiger charge is -2.38. The van der Waals surface area contributed by atoms with E-state index in [4.69, 9.17) is 0 Å². The van der Waals surface area contributed by atoms with Crippen LogP contribution >= 0.6 is 0 Å². The van der Waals surface area contributed by atoms with Crippen molar-refractivity contribution in [3.8, 4) is 0 Å². The summed E-state index contributed by atoms with van der Waals surface area (Å²) >= 11 is 0. The second-order valence-electron chi connectivity index (χ2n) is 6.92. The molecule has 0 saturated heterocycles. The summed E-state index contributed by atoms with van der Waals surface area (Å²) in [6.45, 7) is 2.69. The number of carbonyl (C=O) groups excluding carboxylic acids is 2. The highest BCUT2D eigenvalue weighted by molar-refractivity contribution is 6.00. The summed E-state index contributed by atoms with van der Waals surface area (Å²) in [7, 11) is 1.70. The molecule has 0 radical (unpaired) electrons. The van der Waals surface area contributed by atoms with E-state index in [1.54, 1.807) is 19.4 Å². The maximum atomic E-state index is 12.7. The molecule has 0 spiro atoms. The van der Waals surface area contributed by atoms with Crippen molar-refractivity contribution in [2.75, 3.05) is 13.6 Å². The summed E-state index contributed by atoms with van der Waals surface area (Å²) in [6, 6.07) is -0.377. The first-order chi connectivity index (χ1) is 10.5. The van der Waals surface area contributed by atoms with E-state index in [2.05, 4.69) is 10.6 Å². The van der Waals surface area contributed by atoms with Gasteiger partial charge in [-0.1, -0.05) is 25.3 Å². The lowest BCUT2D eigenvalue weighted by Crippen LogP contribution is -2.54. The average molecular weight is 303 g/mol. The van der Waals surface area contributed by atoms with E-state index >= 15 is 0 Å². The number of amides is 2. The second-order valence-corrected chi connectivity index (χ2v) is 6.92. The fraction of sp³-hybridized carbons (Fsp3) is 0.647. The zero-order valence-electron chi connectivity index (χ0n) is 13.4. The lowest BCUT2D eigenvalue weighted by molar-refractivity contribution is -0.132. The Hall–Kier alpha value is -1.78. The third-order valence-corrected chi connectivity index (χ3v) is 5.31. The number of nitrogens with zero attached hydrogens (tertiary/aromatic N) is 1. The van der Waals surface area contributed by atoms with Crippen LogP contribution in [-0.2, 0) is 9.59 Å². The monoisotopic (exact) mass is 303 g/mol. The van der Waals surface area contributed by atoms with Crippen LogP contribution < -0.4 is 10.6 Å². The average Bonchev–Trinajstić information content (AvgIpc) is 2.93. The molecule has 2 aliphatic heterocycles. The van der Waals surface area contributed by atoms with Gasteiger partial charge in [0.05, 0.1) is 0 Å². The molecule has 1 fully saturated rings. The molecule has 0 bridgehead atoms. The summed E-state index contributed by atoms with van der Waals surface area (Å²) < 4.78 is 0. The van der Waals surface area contributed by atoms with Crippen LogP contribution in [0.5, 0.6) is 0 Å². The van der Waals surface area contributed by atoms with Crippen LogP contribution in [-0.4, -0.2) is 36.3 Å². The molecule has 0 aromatic carbocycles. The Morgan fingerprint density at radius 3 is 2.86 bits per heavy atom. The van der Waals surface area contributed by atoms with Crippen molar-refractivity contribution >= 4 is 11.8 Å². The molecule has 3 aliphatic rings. The van der Waals surface area contributed by atoms with Crippen molar-refractivity contribution in [1.29, 1.82) is 0 Å². The lowest BCUT2D eigenvalue weighted by atomic mass is 9.74. The summed E-state index contributed by atoms with van der Waals surface area (Å²) in [5.74, 6) is 0.546. The third kappa shape index (κ3) is 2.53. The van der Waals surface area contributed by atoms with E-state index in [9.17, 15) is 9.59 Å². The molecule has 5 nitrogen and oxygen atoms in total. The van der Waals surface area contributed by atoms with Crippen molar-refractivity contribution in [2.24, 2.45) is 11.3 Å². The molecule has 2 heterocycles. The third-order valence-electron chi connectivity index (χ3n) is 5.31. The molecule has 120 valence electrons. The molecule has 0 aromatic rings. The van der Waals surface area contributed by atoms with Crippen molar-refractivity contribution < 1.29 is 9.59 Å². The molecule has 2 amide bonds. The summed E-state index contributed by atoms with van der Waals surface area (Å²) in [4.78, 5) is 26.4. The Kier molecular flexibility index (Phi) is 3.98. The minimum atomic E-state index is -0.555. The number of nitrogens with one attached hydrogen (secondary N) is 2. The predicted molar refractivity (Wildman–Crippen MR) is 84.6 cm³/mol. The van der Waals surface area contributed by atoms with E-state index in [-0.39, 0.29) is 17.9 Å². The Balaban J connectivity index is 1.71. The second kappa shape index (κ2) is 5.78. The van der Waals surface area contributed by atoms with Crippen LogP contribution in [0, 0.1) is 11.3 Å². The Morgan fingerprint density at radius 2 is 2.14 bits per heavy atom. The minimum absolute atomic E-state index is 0.00340. The topological polar surface area (TPSA) is 61.4 Å². The molecule has 0 aromatic heterocycles. The largest absolute Gasteiger partial charge is 0.379 e. The maximum Gasteiger partial charge on any atom is 0.249 e. The fourth-order valence-electron chi connectivity index (χ4n) is 3.79. The van der Waals surface area contributed by atoms with Crippen molar-refractivity contribution in [2.45, 2.75) is 45.1 Å². The number of carbonyl (C=O) groups is 2. The highest BCUT2D eigenvalue weighted by atomic mass is 16.2. The molecule has 2 unspecified atom stereocenters. The Bertz CT molecular complexity index is 534. The van der Waals surface area contributed by atoms with Gasteiger partial charge in [0.2, 0.25) is 11.8 Å². The van der Waals surface area contributed by atoms with Gasteiger partial charge in [-0.25, -0.2) is 0 Å². The van der Waals surface area contributed by atoms with E-state index in [0.29, 0.717) is 11.5 Å². The molecule has 1 aliphatic carbocycles. The van der Waals surface area contributed by atoms with E-state index in [0.717, 1.165) is 6.54 Å². The number of fused-ring (bicyclic) bond motifs is 1. The maximum absolute atomic E-state index is 12.7. The predicted octanol–water partition coefficient (Wildman–Crippen LogP) is 1.53. The molecular weight excluding hydrogens is 278 g/mol. The first-order valence-corrected chi connectivity index (χ1v) is 8.23. The summed E-state index contributed by atoms with van der Waals surface area (Å²) in [6.07, 6.45) is 11.7. The summed E-state index contributed by atoms with van der Waals surface area (Å²) in [5, 5.41) is 6.17. The molecule has 2 atom stereocenters. The van der Waals surface area contributed by atoms with Crippen LogP contribution in [0.2, 0.25) is 0 Å². The molecule has 1 saturated carbocycles. The van der Waals surface area contributed by atoms with Gasteiger partial charge in [-0.05, 0) is 31.9 Å². The molecule has 22 heavy (non-hydrogen) atoms. The Labute approximate surface area is 131 Å². The number of hydrogen-bond donors (Lipinski definition) is 2. The number of rotatable bonds is 3. The number of likely N-dealkylation sites (N-methyl/N-ethyl adjacent to an activating group) is 1. The van der Waals surface area contributed by atoms with E-state index < -0.39 is 5.41 Å². The highest BCUT2D eigenvalue weighted by Gasteiger charge is 2.49. The van der Waals surface area contributed by atoms with Crippen LogP contribution in [0.15, 0.2) is 24.0 Å². The molecule has 2 N–H and O–H groups in total. The van der Waals surface area contributed by atoms with E-state index in [1.165, 1.54) is 37.0 Å². The van der Waals surface area contributed by atoms with Crippen LogP contribution in [0.1, 0.15) is 39.0 Å². The fourth-order valence-corrected chi connectivity index (χ4v) is 3.79. The first kappa shape index (κ1) is 15.1. The zero-order valence-corrected chi connectivity index (χ0v) is 13.4. The highest BCUT2D eigenvalue weighted by Crippen LogP contribution is 2.40. The quantitative estimate of drug-likeness (QED) is 0.831. The first-order valence-electron chi connectivity index (χ1n) is 8.23. The standard InChI is InChI=1S/C17H25N3O2/c1-17-8-9-18-14(17)16(22)20(2)11-13(17)15(21)19-10-12-6-4-3-5-7-12/h8-9,11-12,14,18H,3-7,10H2,1-2H3,(H,19,21). The van der Waals surface area contributed by atoms with Gasteiger partial charge in [-0.15, -0.1) is 0 Å². The van der Waals surface area contributed by atoms with Crippen LogP contribution in [0.4, 0.5) is 0 Å². The van der Waals surface area contributed by atoms with Gasteiger partial charge in [0.15, 0.2) is 0 Å². The van der Waals surface area contributed by atoms with Gasteiger partial charge < -0.3 is 15.5 Å². The summed E-state index contributed by atoms with van der Waals surface area (Å²) in [5.41, 5.74) is 0.108. The van der Waals surface area contributed by atoms with E-state index in [1.807, 2.05) is 13.0 Å². The van der Waals surface area contributed by atoms with Crippen molar-refractivity contribution in [3.05, 3.63) is 24.0 Å². The minimum Gasteiger partial charge on any atom is -0.379 e. The van der Waals surface area contributed by atoms with Gasteiger partial charge in [-0.2, -0.15) is 0 Å². The van der Waals surface area contributed by atoms with Crippen molar-refractivity contribution in [3.63, 3.8) is 0 Å². The van der Waals surface area contributed by atoms with Crippen molar-refractivity contribution in [1.82, 2.24) is 15.5 Å². The zero-order chi connectivity index (χ0) is 15.7. The van der Waals surface area contributed by atoms with Gasteiger partial charge in [0.25, 0.3) is 0 Å². The van der Waals surface area contributed by atoms with Gasteiger partial charge in [-0.3, -0.25) is 9.59 Å². The number of hydrogen-bond acceptors (Lipinski definition) is 3. The molecule has 3 rings (SSSR count). The molecule has 5 heteroatoms. The van der Waals surface area contributed by atoms with Gasteiger partial charge in [0.1, 0.15) is 6.04 Å². The normalized spacial score (nSPS) is 31.5. The Morgan fingerprint density at radius 1 is 1.41 bits per heavy atom. The van der Waals surface area contributed by atoms with Crippen LogP contribution in [0.3, 0.4) is 0 Å². The molecular formula is C17H25N3O2. The van der Waals surface area contributed by atoms with Crippen LogP contribution in [0.25, 0.3) is 0 Å². The smallest absolute Gasteiger partial charge is 0.249 e. The van der Waals surface area contributed by atoms with Gasteiger partial charge >= 0.3 is 0 Å².